The topological polar surface area (TPSA) is 75.6 Å². The highest BCUT2D eigenvalue weighted by molar-refractivity contribution is 7.95. The Morgan fingerprint density at radius 3 is 2.24 bits per heavy atom. The molecule has 0 aromatic heterocycles. The van der Waals surface area contributed by atoms with E-state index in [1.165, 1.54) is 0 Å². The zero-order valence-corrected chi connectivity index (χ0v) is 11.9. The summed E-state index contributed by atoms with van der Waals surface area (Å²) in [5, 5.41) is 11.3. The second-order valence-electron chi connectivity index (χ2n) is 5.02. The lowest BCUT2D eigenvalue weighted by Crippen LogP contribution is -2.44. The lowest BCUT2D eigenvalue weighted by molar-refractivity contribution is -0.139. The number of carbonyl (C=O) groups excluding carboxylic acids is 1. The fourth-order valence-corrected chi connectivity index (χ4v) is 1.77. The zero-order chi connectivity index (χ0) is 13.6. The van der Waals surface area contributed by atoms with E-state index in [1.807, 2.05) is 12.5 Å². The van der Waals surface area contributed by atoms with E-state index < -0.39 is 23.7 Å². The molecule has 100 valence electrons. The van der Waals surface area contributed by atoms with Gasteiger partial charge in [0.05, 0.1) is 12.5 Å². The molecule has 0 heterocycles. The normalized spacial score (nSPS) is 13.3. The summed E-state index contributed by atoms with van der Waals surface area (Å²) < 4.78 is 5.01. The van der Waals surface area contributed by atoms with Crippen molar-refractivity contribution < 1.29 is 19.4 Å². The maximum Gasteiger partial charge on any atom is 0.408 e. The minimum Gasteiger partial charge on any atom is -0.480 e. The van der Waals surface area contributed by atoms with Crippen molar-refractivity contribution in [1.82, 2.24) is 5.32 Å². The number of hydrogen-bond donors (Lipinski definition) is 2. The van der Waals surface area contributed by atoms with Gasteiger partial charge < -0.3 is 15.2 Å². The summed E-state index contributed by atoms with van der Waals surface area (Å²) in [5.41, 5.74) is -0.618. The van der Waals surface area contributed by atoms with Crippen LogP contribution in [0.1, 0.15) is 27.2 Å². The molecule has 0 saturated carbocycles. The van der Waals surface area contributed by atoms with Crippen molar-refractivity contribution in [2.45, 2.75) is 38.8 Å². The van der Waals surface area contributed by atoms with Gasteiger partial charge in [0, 0.05) is 6.42 Å². The van der Waals surface area contributed by atoms with Gasteiger partial charge in [-0.05, 0) is 31.7 Å². The molecular weight excluding hydrogens is 242 g/mol. The molecule has 0 spiro atoms. The number of nitrogens with one attached hydrogen (secondary N) is 1. The lowest BCUT2D eigenvalue weighted by Gasteiger charge is -2.21. The first-order valence-corrected chi connectivity index (χ1v) is 7.59. The van der Waals surface area contributed by atoms with Crippen LogP contribution in [0.25, 0.3) is 0 Å². The molecule has 1 amide bonds. The monoisotopic (exact) mass is 264 g/mol. The van der Waals surface area contributed by atoms with Crippen LogP contribution in [0.15, 0.2) is 0 Å². The first-order valence-electron chi connectivity index (χ1n) is 5.38. The molecule has 0 fully saturated rings. The summed E-state index contributed by atoms with van der Waals surface area (Å²) in [4.78, 5) is 22.4. The van der Waals surface area contributed by atoms with Crippen molar-refractivity contribution in [3.05, 3.63) is 0 Å². The molecule has 0 rings (SSSR count). The molecule has 0 radical (unpaired) electrons. The van der Waals surface area contributed by atoms with Gasteiger partial charge in [0.1, 0.15) is 17.4 Å². The molecule has 0 aliphatic carbocycles. The third kappa shape index (κ3) is 8.85. The molecule has 0 bridgehead atoms. The molecule has 6 heteroatoms. The highest BCUT2D eigenvalue weighted by Gasteiger charge is 2.25. The van der Waals surface area contributed by atoms with E-state index in [0.29, 0.717) is 6.42 Å². The first-order chi connectivity index (χ1) is 7.61. The predicted octanol–water partition coefficient (Wildman–Crippen LogP) is 1.23. The molecule has 0 aliphatic heterocycles. The Kier molecular flexibility index (Phi) is 6.37. The van der Waals surface area contributed by atoms with Crippen LogP contribution < -0.4 is 5.32 Å². The van der Waals surface area contributed by atoms with E-state index in [1.54, 1.807) is 20.8 Å². The van der Waals surface area contributed by atoms with Crippen LogP contribution in [-0.2, 0) is 20.4 Å². The Hall–Kier alpha value is -0.910. The number of aliphatic carboxylic acids is 1. The predicted molar refractivity (Wildman–Crippen MR) is 69.5 cm³/mol. The number of hydrogen-bond acceptors (Lipinski definition) is 3. The maximum atomic E-state index is 11.4. The van der Waals surface area contributed by atoms with Crippen LogP contribution >= 0.6 is 0 Å². The van der Waals surface area contributed by atoms with Gasteiger partial charge in [-0.25, -0.2) is 9.59 Å². The van der Waals surface area contributed by atoms with Gasteiger partial charge in [0.2, 0.25) is 0 Å². The van der Waals surface area contributed by atoms with E-state index in [4.69, 9.17) is 9.84 Å². The van der Waals surface area contributed by atoms with Gasteiger partial charge >= 0.3 is 12.1 Å². The Balaban J connectivity index is 4.26. The van der Waals surface area contributed by atoms with Crippen LogP contribution in [0, 0.1) is 0 Å². The summed E-state index contributed by atoms with van der Waals surface area (Å²) in [6.07, 6.45) is 3.81. The highest BCUT2D eigenvalue weighted by atomic mass is 32.2. The van der Waals surface area contributed by atoms with E-state index >= 15 is 0 Å². The van der Waals surface area contributed by atoms with E-state index in [9.17, 15) is 9.59 Å². The van der Waals surface area contributed by atoms with Crippen molar-refractivity contribution >= 4 is 23.0 Å². The van der Waals surface area contributed by atoms with Crippen LogP contribution in [0.5, 0.6) is 0 Å². The molecule has 1 atom stereocenters. The minimum atomic E-state index is -1.03. The van der Waals surface area contributed by atoms with E-state index in [-0.39, 0.29) is 10.9 Å². The number of alkyl carbamates (subject to hydrolysis) is 1. The van der Waals surface area contributed by atoms with Crippen molar-refractivity contribution in [1.29, 1.82) is 0 Å². The third-order valence-electron chi connectivity index (χ3n) is 1.80. The van der Waals surface area contributed by atoms with E-state index in [0.717, 1.165) is 5.75 Å². The number of amides is 1. The minimum absolute atomic E-state index is 0.158. The summed E-state index contributed by atoms with van der Waals surface area (Å²) in [7, 11) is 0.158. The average Bonchev–Trinajstić information content (AvgIpc) is 2.08. The number of carboxylic acid groups (broad SMARTS) is 1. The Morgan fingerprint density at radius 1 is 1.35 bits per heavy atom. The summed E-state index contributed by atoms with van der Waals surface area (Å²) in [6.45, 7) is 5.20. The van der Waals surface area contributed by atoms with Crippen molar-refractivity contribution in [2.75, 3.05) is 18.3 Å². The molecule has 0 aliphatic rings. The number of carbonyl (C=O) groups is 2. The second kappa shape index (κ2) is 6.74. The van der Waals surface area contributed by atoms with Gasteiger partial charge in [-0.1, -0.05) is 0 Å². The fourth-order valence-electron chi connectivity index (χ4n) is 1.06. The average molecular weight is 264 g/mol. The van der Waals surface area contributed by atoms with Gasteiger partial charge in [-0.3, -0.25) is 0 Å². The zero-order valence-electron chi connectivity index (χ0n) is 11.1. The van der Waals surface area contributed by atoms with Crippen molar-refractivity contribution in [3.8, 4) is 0 Å². The highest BCUT2D eigenvalue weighted by Crippen LogP contribution is 2.07. The smallest absolute Gasteiger partial charge is 0.408 e. The standard InChI is InChI=1S/C11H21NO4S/c1-11(2,3)16-10(15)12-8(9(13)14)6-7-17(4)5/h8H,6-7H2,1-5H3,(H-,12,13,14,15)/p+1/t8-/m1/s1. The number of carboxylic acids is 1. The van der Waals surface area contributed by atoms with Crippen molar-refractivity contribution in [3.63, 3.8) is 0 Å². The van der Waals surface area contributed by atoms with Crippen LogP contribution in [0.2, 0.25) is 0 Å². The van der Waals surface area contributed by atoms with Gasteiger partial charge in [-0.15, -0.1) is 0 Å². The first kappa shape index (κ1) is 16.1. The van der Waals surface area contributed by atoms with Crippen molar-refractivity contribution in [2.24, 2.45) is 0 Å². The SMILES string of the molecule is C[S+](C)CC[C@@H](NC(=O)OC(C)(C)C)C(=O)O. The summed E-state index contributed by atoms with van der Waals surface area (Å²) in [5.74, 6) is -0.256. The number of ether oxygens (including phenoxy) is 1. The molecule has 2 N–H and O–H groups in total. The molecule has 0 unspecified atom stereocenters. The van der Waals surface area contributed by atoms with E-state index in [2.05, 4.69) is 5.32 Å². The summed E-state index contributed by atoms with van der Waals surface area (Å²) >= 11 is 0. The second-order valence-corrected chi connectivity index (χ2v) is 7.39. The maximum absolute atomic E-state index is 11.4. The summed E-state index contributed by atoms with van der Waals surface area (Å²) in [6, 6.07) is -0.875. The quantitative estimate of drug-likeness (QED) is 0.732. The third-order valence-corrected chi connectivity index (χ3v) is 2.86. The Bertz CT molecular complexity index is 273. The van der Waals surface area contributed by atoms with Gasteiger partial charge in [-0.2, -0.15) is 0 Å². The Morgan fingerprint density at radius 2 is 1.88 bits per heavy atom. The largest absolute Gasteiger partial charge is 0.480 e. The van der Waals surface area contributed by atoms with Gasteiger partial charge in [0.15, 0.2) is 0 Å². The fraction of sp³-hybridized carbons (Fsp3) is 0.818. The molecule has 5 nitrogen and oxygen atoms in total. The van der Waals surface area contributed by atoms with Crippen LogP contribution in [-0.4, -0.2) is 47.1 Å². The lowest BCUT2D eigenvalue weighted by atomic mass is 10.2. The Labute approximate surface area is 105 Å². The number of rotatable bonds is 5. The van der Waals surface area contributed by atoms with Gasteiger partial charge in [0.25, 0.3) is 0 Å². The van der Waals surface area contributed by atoms with Crippen LogP contribution in [0.3, 0.4) is 0 Å². The molecule has 0 aromatic carbocycles. The molecule has 0 aromatic rings. The molecule has 17 heavy (non-hydrogen) atoms. The van der Waals surface area contributed by atoms with Crippen LogP contribution in [0.4, 0.5) is 4.79 Å². The molecule has 0 saturated heterocycles. The molecular formula is C11H22NO4S+.